The summed E-state index contributed by atoms with van der Waals surface area (Å²) in [5, 5.41) is 0.748. The van der Waals surface area contributed by atoms with Crippen LogP contribution in [-0.2, 0) is 0 Å². The molecule has 2 aliphatic carbocycles. The van der Waals surface area contributed by atoms with Crippen LogP contribution in [-0.4, -0.2) is 5.60 Å². The molecule has 0 aromatic heterocycles. The van der Waals surface area contributed by atoms with Crippen molar-refractivity contribution >= 4 is 11.6 Å². The van der Waals surface area contributed by atoms with E-state index < -0.39 is 0 Å². The largest absolute Gasteiger partial charge is 0.487 e. The van der Waals surface area contributed by atoms with Gasteiger partial charge >= 0.3 is 0 Å². The third-order valence-electron chi connectivity index (χ3n) is 6.18. The summed E-state index contributed by atoms with van der Waals surface area (Å²) in [6, 6.07) is 5.94. The number of rotatable bonds is 0. The van der Waals surface area contributed by atoms with E-state index in [0.29, 0.717) is 5.41 Å². The topological polar surface area (TPSA) is 35.2 Å². The Hall–Kier alpha value is -0.730. The fourth-order valence-electron chi connectivity index (χ4n) is 4.85. The maximum atomic E-state index is 6.45. The van der Waals surface area contributed by atoms with Gasteiger partial charge in [0.25, 0.3) is 0 Å². The molecule has 3 heteroatoms. The molecule has 1 heterocycles. The van der Waals surface area contributed by atoms with Gasteiger partial charge in [-0.15, -0.1) is 0 Å². The minimum absolute atomic E-state index is 0.0198. The Balaban J connectivity index is 1.56. The second-order valence-electron chi connectivity index (χ2n) is 7.48. The summed E-state index contributed by atoms with van der Waals surface area (Å²) in [6.07, 6.45) is 11.6. The van der Waals surface area contributed by atoms with E-state index in [-0.39, 0.29) is 11.6 Å². The summed E-state index contributed by atoms with van der Waals surface area (Å²) < 4.78 is 6.45. The van der Waals surface area contributed by atoms with Gasteiger partial charge in [0, 0.05) is 23.0 Å². The van der Waals surface area contributed by atoms with E-state index in [4.69, 9.17) is 22.1 Å². The molecule has 1 unspecified atom stereocenters. The van der Waals surface area contributed by atoms with Crippen LogP contribution in [0.3, 0.4) is 0 Å². The molecule has 1 atom stereocenters. The van der Waals surface area contributed by atoms with Crippen LogP contribution < -0.4 is 10.5 Å². The van der Waals surface area contributed by atoms with Crippen molar-refractivity contribution in [3.63, 3.8) is 0 Å². The predicted octanol–water partition coefficient (Wildman–Crippen LogP) is 5.00. The van der Waals surface area contributed by atoms with Gasteiger partial charge in [0.15, 0.2) is 0 Å². The zero-order valence-electron chi connectivity index (χ0n) is 12.5. The number of benzene rings is 1. The average molecular weight is 306 g/mol. The molecule has 2 nitrogen and oxygen atoms in total. The van der Waals surface area contributed by atoms with E-state index in [2.05, 4.69) is 0 Å². The second kappa shape index (κ2) is 4.89. The van der Waals surface area contributed by atoms with Crippen LogP contribution in [0.15, 0.2) is 18.2 Å². The number of hydrogen-bond acceptors (Lipinski definition) is 2. The number of halogens is 1. The summed E-state index contributed by atoms with van der Waals surface area (Å²) in [5.74, 6) is 0.959. The van der Waals surface area contributed by atoms with E-state index in [1.165, 1.54) is 51.4 Å². The molecule has 0 radical (unpaired) electrons. The second-order valence-corrected chi connectivity index (χ2v) is 7.92. The molecule has 3 aliphatic rings. The summed E-state index contributed by atoms with van der Waals surface area (Å²) >= 11 is 6.09. The molecule has 1 aliphatic heterocycles. The molecule has 0 bridgehead atoms. The first-order valence-corrected chi connectivity index (χ1v) is 8.72. The van der Waals surface area contributed by atoms with Gasteiger partial charge in [-0.3, -0.25) is 0 Å². The molecule has 0 saturated heterocycles. The predicted molar refractivity (Wildman–Crippen MR) is 85.7 cm³/mol. The highest BCUT2D eigenvalue weighted by Gasteiger charge is 2.47. The van der Waals surface area contributed by atoms with Gasteiger partial charge in [-0.1, -0.05) is 24.4 Å². The monoisotopic (exact) mass is 305 g/mol. The van der Waals surface area contributed by atoms with Crippen LogP contribution >= 0.6 is 11.6 Å². The smallest absolute Gasteiger partial charge is 0.125 e. The average Bonchev–Trinajstić information content (AvgIpc) is 2.93. The number of ether oxygens (including phenoxy) is 1. The van der Waals surface area contributed by atoms with Gasteiger partial charge in [0.2, 0.25) is 0 Å². The molecule has 2 spiro atoms. The first-order chi connectivity index (χ1) is 10.1. The highest BCUT2D eigenvalue weighted by atomic mass is 35.5. The SMILES string of the molecule is NC1CC2(CCC3(CCCC3)CC2)Oc2ccc(Cl)cc21. The highest BCUT2D eigenvalue weighted by molar-refractivity contribution is 6.30. The molecule has 4 rings (SSSR count). The van der Waals surface area contributed by atoms with Crippen LogP contribution in [0, 0.1) is 5.41 Å². The molecule has 0 amide bonds. The van der Waals surface area contributed by atoms with Crippen LogP contribution in [0.5, 0.6) is 5.75 Å². The van der Waals surface area contributed by atoms with Gasteiger partial charge in [-0.05, 0) is 62.1 Å². The van der Waals surface area contributed by atoms with Crippen molar-refractivity contribution < 1.29 is 4.74 Å². The third-order valence-corrected chi connectivity index (χ3v) is 6.41. The van der Waals surface area contributed by atoms with Crippen molar-refractivity contribution in [2.75, 3.05) is 0 Å². The lowest BCUT2D eigenvalue weighted by atomic mass is 9.65. The summed E-state index contributed by atoms with van der Waals surface area (Å²) in [5.41, 5.74) is 8.12. The molecular weight excluding hydrogens is 282 g/mol. The zero-order chi connectivity index (χ0) is 14.5. The summed E-state index contributed by atoms with van der Waals surface area (Å²) in [7, 11) is 0. The number of nitrogens with two attached hydrogens (primary N) is 1. The first kappa shape index (κ1) is 13.9. The Bertz CT molecular complexity index is 540. The lowest BCUT2D eigenvalue weighted by Gasteiger charge is -2.48. The summed E-state index contributed by atoms with van der Waals surface area (Å²) in [4.78, 5) is 0. The van der Waals surface area contributed by atoms with Gasteiger partial charge in [-0.25, -0.2) is 0 Å². The Morgan fingerprint density at radius 3 is 2.48 bits per heavy atom. The van der Waals surface area contributed by atoms with Gasteiger partial charge < -0.3 is 10.5 Å². The van der Waals surface area contributed by atoms with Crippen LogP contribution in [0.2, 0.25) is 5.02 Å². The maximum absolute atomic E-state index is 6.45. The lowest BCUT2D eigenvalue weighted by molar-refractivity contribution is -0.0327. The molecular formula is C18H24ClNO. The van der Waals surface area contributed by atoms with E-state index in [1.807, 2.05) is 18.2 Å². The van der Waals surface area contributed by atoms with Crippen molar-refractivity contribution in [3.05, 3.63) is 28.8 Å². The van der Waals surface area contributed by atoms with Crippen LogP contribution in [0.4, 0.5) is 0 Å². The number of hydrogen-bond donors (Lipinski definition) is 1. The third kappa shape index (κ3) is 2.37. The normalized spacial score (nSPS) is 29.3. The molecule has 114 valence electrons. The fourth-order valence-corrected chi connectivity index (χ4v) is 5.04. The molecule has 2 N–H and O–H groups in total. The van der Waals surface area contributed by atoms with Crippen molar-refractivity contribution in [3.8, 4) is 5.75 Å². The van der Waals surface area contributed by atoms with Crippen LogP contribution in [0.25, 0.3) is 0 Å². The quantitative estimate of drug-likeness (QED) is 0.732. The van der Waals surface area contributed by atoms with Crippen molar-refractivity contribution in [1.29, 1.82) is 0 Å². The first-order valence-electron chi connectivity index (χ1n) is 8.34. The van der Waals surface area contributed by atoms with Crippen molar-refractivity contribution in [2.45, 2.75) is 69.4 Å². The van der Waals surface area contributed by atoms with E-state index >= 15 is 0 Å². The fraction of sp³-hybridized carbons (Fsp3) is 0.667. The minimum Gasteiger partial charge on any atom is -0.487 e. The van der Waals surface area contributed by atoms with Crippen LogP contribution in [0.1, 0.15) is 69.4 Å². The highest BCUT2D eigenvalue weighted by Crippen LogP contribution is 2.55. The molecule has 1 aromatic carbocycles. The Morgan fingerprint density at radius 1 is 1.05 bits per heavy atom. The van der Waals surface area contributed by atoms with E-state index in [0.717, 1.165) is 22.8 Å². The van der Waals surface area contributed by atoms with Gasteiger partial charge in [0.05, 0.1) is 0 Å². The maximum Gasteiger partial charge on any atom is 0.125 e. The van der Waals surface area contributed by atoms with Crippen molar-refractivity contribution in [1.82, 2.24) is 0 Å². The Morgan fingerprint density at radius 2 is 1.76 bits per heavy atom. The van der Waals surface area contributed by atoms with Gasteiger partial charge in [0.1, 0.15) is 11.4 Å². The zero-order valence-corrected chi connectivity index (χ0v) is 13.3. The number of fused-ring (bicyclic) bond motifs is 1. The standard InChI is InChI=1S/C18H24ClNO/c19-13-3-4-16-14(11-13)15(20)12-18(21-16)9-7-17(8-10-18)5-1-2-6-17/h3-4,11,15H,1-2,5-10,12,20H2. The van der Waals surface area contributed by atoms with Gasteiger partial charge in [-0.2, -0.15) is 0 Å². The molecule has 1 aromatic rings. The lowest BCUT2D eigenvalue weighted by Crippen LogP contribution is -2.47. The minimum atomic E-state index is -0.0198. The van der Waals surface area contributed by atoms with E-state index in [1.54, 1.807) is 0 Å². The molecule has 21 heavy (non-hydrogen) atoms. The Kier molecular flexibility index (Phi) is 3.24. The van der Waals surface area contributed by atoms with Crippen molar-refractivity contribution in [2.24, 2.45) is 11.1 Å². The molecule has 2 saturated carbocycles. The van der Waals surface area contributed by atoms with E-state index in [9.17, 15) is 0 Å². The molecule has 2 fully saturated rings. The summed E-state index contributed by atoms with van der Waals surface area (Å²) in [6.45, 7) is 0. The Labute approximate surface area is 132 Å².